The summed E-state index contributed by atoms with van der Waals surface area (Å²) in [7, 11) is 0. The van der Waals surface area contributed by atoms with Crippen LogP contribution in [0.3, 0.4) is 0 Å². The second-order valence-electron chi connectivity index (χ2n) is 5.60. The molecule has 0 spiro atoms. The summed E-state index contributed by atoms with van der Waals surface area (Å²) in [6.07, 6.45) is 3.41. The Kier molecular flexibility index (Phi) is 3.69. The Bertz CT molecular complexity index is 440. The highest BCUT2D eigenvalue weighted by Gasteiger charge is 2.59. The van der Waals surface area contributed by atoms with Gasteiger partial charge in [-0.1, -0.05) is 13.8 Å². The van der Waals surface area contributed by atoms with Crippen molar-refractivity contribution in [3.05, 3.63) is 24.2 Å². The van der Waals surface area contributed by atoms with Gasteiger partial charge in [0, 0.05) is 25.0 Å². The highest BCUT2D eigenvalue weighted by Crippen LogP contribution is 2.50. The minimum absolute atomic E-state index is 0.0355. The number of carbonyl (C=O) groups is 1. The molecule has 2 atom stereocenters. The minimum Gasteiger partial charge on any atom is -0.472 e. The zero-order chi connectivity index (χ0) is 14.1. The van der Waals surface area contributed by atoms with Crippen molar-refractivity contribution in [2.24, 2.45) is 5.41 Å². The molecule has 0 saturated heterocycles. The van der Waals surface area contributed by atoms with Gasteiger partial charge < -0.3 is 19.6 Å². The molecule has 0 aliphatic heterocycles. The number of nitrogens with one attached hydrogen (secondary N) is 1. The predicted octanol–water partition coefficient (Wildman–Crippen LogP) is 1.58. The standard InChI is InChI=1S/C14H21NO4/c1-4-19-11-7-14(17,13(11,2)3)9-15-12(16)10-5-6-18-8-10/h5-6,8,11,17H,4,7,9H2,1-3H3,(H,15,16)/t11-,14+/m0/s1. The molecular formula is C14H21NO4. The third-order valence-electron chi connectivity index (χ3n) is 4.22. The Morgan fingerprint density at radius 3 is 2.89 bits per heavy atom. The Balaban J connectivity index is 1.91. The van der Waals surface area contributed by atoms with Crippen LogP contribution in [0.5, 0.6) is 0 Å². The van der Waals surface area contributed by atoms with E-state index in [1.165, 1.54) is 12.5 Å². The molecule has 1 aliphatic carbocycles. The van der Waals surface area contributed by atoms with E-state index in [1.807, 2.05) is 20.8 Å². The van der Waals surface area contributed by atoms with Crippen molar-refractivity contribution in [1.29, 1.82) is 0 Å². The zero-order valence-corrected chi connectivity index (χ0v) is 11.6. The van der Waals surface area contributed by atoms with Crippen LogP contribution < -0.4 is 5.32 Å². The largest absolute Gasteiger partial charge is 0.472 e. The third-order valence-corrected chi connectivity index (χ3v) is 4.22. The summed E-state index contributed by atoms with van der Waals surface area (Å²) in [5.74, 6) is -0.238. The third kappa shape index (κ3) is 2.40. The second kappa shape index (κ2) is 4.98. The van der Waals surface area contributed by atoms with Crippen molar-refractivity contribution in [1.82, 2.24) is 5.32 Å². The van der Waals surface area contributed by atoms with Gasteiger partial charge in [0.25, 0.3) is 5.91 Å². The van der Waals surface area contributed by atoms with Gasteiger partial charge in [0.1, 0.15) is 6.26 Å². The zero-order valence-electron chi connectivity index (χ0n) is 11.6. The fraction of sp³-hybridized carbons (Fsp3) is 0.643. The van der Waals surface area contributed by atoms with E-state index in [9.17, 15) is 9.90 Å². The van der Waals surface area contributed by atoms with E-state index in [1.54, 1.807) is 6.07 Å². The Morgan fingerprint density at radius 1 is 1.63 bits per heavy atom. The fourth-order valence-electron chi connectivity index (χ4n) is 2.48. The molecule has 19 heavy (non-hydrogen) atoms. The van der Waals surface area contributed by atoms with Crippen molar-refractivity contribution in [3.8, 4) is 0 Å². The lowest BCUT2D eigenvalue weighted by Crippen LogP contribution is -2.68. The van der Waals surface area contributed by atoms with Crippen molar-refractivity contribution in [3.63, 3.8) is 0 Å². The van der Waals surface area contributed by atoms with Crippen LogP contribution in [0, 0.1) is 5.41 Å². The predicted molar refractivity (Wildman–Crippen MR) is 69.8 cm³/mol. The summed E-state index contributed by atoms with van der Waals surface area (Å²) in [6.45, 7) is 6.70. The maximum absolute atomic E-state index is 11.8. The van der Waals surface area contributed by atoms with Gasteiger partial charge in [0.2, 0.25) is 0 Å². The number of aliphatic hydroxyl groups is 1. The van der Waals surface area contributed by atoms with Crippen molar-refractivity contribution in [2.45, 2.75) is 38.9 Å². The van der Waals surface area contributed by atoms with Gasteiger partial charge in [0.15, 0.2) is 0 Å². The summed E-state index contributed by atoms with van der Waals surface area (Å²) in [6, 6.07) is 1.59. The number of amides is 1. The number of hydrogen-bond donors (Lipinski definition) is 2. The highest BCUT2D eigenvalue weighted by molar-refractivity contribution is 5.93. The van der Waals surface area contributed by atoms with Gasteiger partial charge in [-0.3, -0.25) is 4.79 Å². The van der Waals surface area contributed by atoms with E-state index in [4.69, 9.17) is 9.15 Å². The number of hydrogen-bond acceptors (Lipinski definition) is 4. The van der Waals surface area contributed by atoms with Gasteiger partial charge in [-0.15, -0.1) is 0 Å². The van der Waals surface area contributed by atoms with E-state index in [0.717, 1.165) is 0 Å². The molecule has 0 radical (unpaired) electrons. The molecule has 0 aromatic carbocycles. The van der Waals surface area contributed by atoms with Gasteiger partial charge in [-0.2, -0.15) is 0 Å². The average molecular weight is 267 g/mol. The Hall–Kier alpha value is -1.33. The van der Waals surface area contributed by atoms with E-state index in [0.29, 0.717) is 18.6 Å². The van der Waals surface area contributed by atoms with Crippen molar-refractivity contribution in [2.75, 3.05) is 13.2 Å². The molecular weight excluding hydrogens is 246 g/mol. The molecule has 1 heterocycles. The van der Waals surface area contributed by atoms with E-state index < -0.39 is 5.60 Å². The van der Waals surface area contributed by atoms with E-state index in [2.05, 4.69) is 5.32 Å². The summed E-state index contributed by atoms with van der Waals surface area (Å²) < 4.78 is 10.4. The van der Waals surface area contributed by atoms with Gasteiger partial charge in [-0.25, -0.2) is 0 Å². The molecule has 5 nitrogen and oxygen atoms in total. The van der Waals surface area contributed by atoms with Crippen molar-refractivity contribution < 1.29 is 19.1 Å². The Labute approximate surface area is 112 Å². The number of ether oxygens (including phenoxy) is 1. The number of carbonyl (C=O) groups excluding carboxylic acids is 1. The molecule has 1 amide bonds. The van der Waals surface area contributed by atoms with Crippen LogP contribution in [-0.2, 0) is 4.74 Å². The van der Waals surface area contributed by atoms with Crippen LogP contribution >= 0.6 is 0 Å². The smallest absolute Gasteiger partial charge is 0.254 e. The molecule has 5 heteroatoms. The first-order valence-corrected chi connectivity index (χ1v) is 6.55. The van der Waals surface area contributed by atoms with Gasteiger partial charge in [0.05, 0.1) is 23.5 Å². The molecule has 0 bridgehead atoms. The molecule has 1 fully saturated rings. The highest BCUT2D eigenvalue weighted by atomic mass is 16.5. The first-order chi connectivity index (χ1) is 8.90. The second-order valence-corrected chi connectivity index (χ2v) is 5.60. The normalized spacial score (nSPS) is 28.7. The summed E-state index contributed by atoms with van der Waals surface area (Å²) in [5.41, 5.74) is -0.832. The van der Waals surface area contributed by atoms with Crippen molar-refractivity contribution >= 4 is 5.91 Å². The Morgan fingerprint density at radius 2 is 2.37 bits per heavy atom. The van der Waals surface area contributed by atoms with Crippen LogP contribution in [0.15, 0.2) is 23.0 Å². The SMILES string of the molecule is CCO[C@H]1C[C@@](O)(CNC(=O)c2ccoc2)C1(C)C. The lowest BCUT2D eigenvalue weighted by Gasteiger charge is -2.57. The fourth-order valence-corrected chi connectivity index (χ4v) is 2.48. The lowest BCUT2D eigenvalue weighted by molar-refractivity contribution is -0.237. The quantitative estimate of drug-likeness (QED) is 0.849. The average Bonchev–Trinajstić information content (AvgIpc) is 2.89. The van der Waals surface area contributed by atoms with Gasteiger partial charge in [-0.05, 0) is 13.0 Å². The monoisotopic (exact) mass is 267 g/mol. The summed E-state index contributed by atoms with van der Waals surface area (Å²) in [5, 5.41) is 13.3. The van der Waals surface area contributed by atoms with E-state index in [-0.39, 0.29) is 24.0 Å². The minimum atomic E-state index is -0.924. The van der Waals surface area contributed by atoms with Crippen LogP contribution in [0.1, 0.15) is 37.6 Å². The molecule has 2 rings (SSSR count). The lowest BCUT2D eigenvalue weighted by atomic mass is 9.56. The van der Waals surface area contributed by atoms with Crippen LogP contribution in [0.25, 0.3) is 0 Å². The summed E-state index contributed by atoms with van der Waals surface area (Å²) in [4.78, 5) is 11.8. The molecule has 1 aliphatic rings. The first-order valence-electron chi connectivity index (χ1n) is 6.55. The molecule has 1 aromatic rings. The molecule has 2 N–H and O–H groups in total. The summed E-state index contributed by atoms with van der Waals surface area (Å²) >= 11 is 0. The first kappa shape index (κ1) is 14.1. The molecule has 106 valence electrons. The molecule has 1 aromatic heterocycles. The molecule has 0 unspecified atom stereocenters. The maximum atomic E-state index is 11.8. The molecule has 1 saturated carbocycles. The van der Waals surface area contributed by atoms with Crippen LogP contribution in [0.4, 0.5) is 0 Å². The number of furan rings is 1. The topological polar surface area (TPSA) is 71.7 Å². The number of rotatable bonds is 5. The van der Waals surface area contributed by atoms with E-state index >= 15 is 0 Å². The maximum Gasteiger partial charge on any atom is 0.254 e. The van der Waals surface area contributed by atoms with Crippen LogP contribution in [-0.4, -0.2) is 35.9 Å². The van der Waals surface area contributed by atoms with Gasteiger partial charge >= 0.3 is 0 Å². The van der Waals surface area contributed by atoms with Crippen LogP contribution in [0.2, 0.25) is 0 Å².